The maximum atomic E-state index is 12.1. The summed E-state index contributed by atoms with van der Waals surface area (Å²) < 4.78 is 5.37. The first kappa shape index (κ1) is 20.0. The molecule has 2 aromatic carbocycles. The zero-order valence-electron chi connectivity index (χ0n) is 15.3. The molecule has 0 aliphatic rings. The molecule has 0 saturated heterocycles. The van der Waals surface area contributed by atoms with E-state index >= 15 is 0 Å². The number of ether oxygens (including phenoxy) is 1. The molecule has 2 rings (SSSR count). The van der Waals surface area contributed by atoms with Gasteiger partial charge in [-0.3, -0.25) is 9.59 Å². The minimum atomic E-state index is -1.01. The molecule has 0 atom stereocenters. The summed E-state index contributed by atoms with van der Waals surface area (Å²) in [5, 5.41) is 11.9. The zero-order chi connectivity index (χ0) is 19.8. The number of carbonyl (C=O) groups excluding carboxylic acids is 2. The molecule has 0 bridgehead atoms. The lowest BCUT2D eigenvalue weighted by atomic mass is 10.0. The Balaban J connectivity index is 1.86. The molecular weight excluding hydrogens is 348 g/mol. The van der Waals surface area contributed by atoms with E-state index in [9.17, 15) is 14.4 Å². The topological polar surface area (TPSA) is 95.9 Å². The molecule has 0 spiro atoms. The molecule has 2 N–H and O–H groups in total. The highest BCUT2D eigenvalue weighted by molar-refractivity contribution is 5.92. The molecule has 0 fully saturated rings. The Hall–Kier alpha value is -3.35. The van der Waals surface area contributed by atoms with E-state index < -0.39 is 5.97 Å². The number of rotatable bonds is 8. The number of aromatic carboxylic acids is 1. The highest BCUT2D eigenvalue weighted by Gasteiger charge is 2.11. The number of likely N-dealkylation sites (N-methyl/N-ethyl adjacent to an activating group) is 1. The van der Waals surface area contributed by atoms with Crippen molar-refractivity contribution in [3.8, 4) is 5.75 Å². The SMILES string of the molecule is CN(C)C(=O)COc1ccc(NC(=O)CCc2ccccc2C(=O)O)cc1. The molecule has 142 valence electrons. The summed E-state index contributed by atoms with van der Waals surface area (Å²) in [4.78, 5) is 36.2. The number of anilines is 1. The van der Waals surface area contributed by atoms with Crippen molar-refractivity contribution in [2.45, 2.75) is 12.8 Å². The molecule has 0 aliphatic heterocycles. The van der Waals surface area contributed by atoms with Crippen LogP contribution >= 0.6 is 0 Å². The van der Waals surface area contributed by atoms with Crippen LogP contribution in [0.3, 0.4) is 0 Å². The fraction of sp³-hybridized carbons (Fsp3) is 0.250. The molecule has 0 saturated carbocycles. The van der Waals surface area contributed by atoms with Gasteiger partial charge in [0.1, 0.15) is 5.75 Å². The van der Waals surface area contributed by atoms with Gasteiger partial charge in [-0.2, -0.15) is 0 Å². The number of nitrogens with zero attached hydrogens (tertiary/aromatic N) is 1. The van der Waals surface area contributed by atoms with Crippen molar-refractivity contribution in [2.24, 2.45) is 0 Å². The van der Waals surface area contributed by atoms with Crippen molar-refractivity contribution in [2.75, 3.05) is 26.0 Å². The van der Waals surface area contributed by atoms with Crippen LogP contribution in [-0.4, -0.2) is 48.5 Å². The van der Waals surface area contributed by atoms with Gasteiger partial charge in [-0.25, -0.2) is 4.79 Å². The van der Waals surface area contributed by atoms with Crippen LogP contribution in [0.5, 0.6) is 5.75 Å². The first-order valence-corrected chi connectivity index (χ1v) is 8.41. The van der Waals surface area contributed by atoms with Crippen molar-refractivity contribution >= 4 is 23.5 Å². The van der Waals surface area contributed by atoms with E-state index in [1.807, 2.05) is 0 Å². The highest BCUT2D eigenvalue weighted by atomic mass is 16.5. The van der Waals surface area contributed by atoms with Crippen molar-refractivity contribution < 1.29 is 24.2 Å². The predicted octanol–water partition coefficient (Wildman–Crippen LogP) is 2.42. The number of hydrogen-bond donors (Lipinski definition) is 2. The smallest absolute Gasteiger partial charge is 0.335 e. The van der Waals surface area contributed by atoms with E-state index in [0.29, 0.717) is 23.4 Å². The number of carboxylic acids is 1. The number of benzene rings is 2. The lowest BCUT2D eigenvalue weighted by Gasteiger charge is -2.12. The second-order valence-electron chi connectivity index (χ2n) is 6.11. The largest absolute Gasteiger partial charge is 0.484 e. The van der Waals surface area contributed by atoms with Crippen LogP contribution in [0.1, 0.15) is 22.3 Å². The summed E-state index contributed by atoms with van der Waals surface area (Å²) in [5.41, 5.74) is 1.42. The van der Waals surface area contributed by atoms with Crippen molar-refractivity contribution in [3.05, 3.63) is 59.7 Å². The minimum Gasteiger partial charge on any atom is -0.484 e. The van der Waals surface area contributed by atoms with Crippen LogP contribution in [0.15, 0.2) is 48.5 Å². The Morgan fingerprint density at radius 2 is 1.70 bits per heavy atom. The highest BCUT2D eigenvalue weighted by Crippen LogP contribution is 2.17. The molecule has 2 amide bonds. The van der Waals surface area contributed by atoms with Crippen LogP contribution in [0, 0.1) is 0 Å². The number of carboxylic acid groups (broad SMARTS) is 1. The fourth-order valence-electron chi connectivity index (χ4n) is 2.33. The second-order valence-corrected chi connectivity index (χ2v) is 6.11. The molecule has 0 aromatic heterocycles. The van der Waals surface area contributed by atoms with Crippen molar-refractivity contribution in [3.63, 3.8) is 0 Å². The molecule has 2 aromatic rings. The summed E-state index contributed by atoms with van der Waals surface area (Å²) in [7, 11) is 3.30. The summed E-state index contributed by atoms with van der Waals surface area (Å²) in [6.07, 6.45) is 0.502. The molecule has 0 aliphatic carbocycles. The number of aryl methyl sites for hydroxylation is 1. The minimum absolute atomic E-state index is 0.0539. The summed E-state index contributed by atoms with van der Waals surface area (Å²) in [5.74, 6) is -0.839. The van der Waals surface area contributed by atoms with Gasteiger partial charge in [-0.1, -0.05) is 18.2 Å². The quantitative estimate of drug-likeness (QED) is 0.744. The molecule has 7 heteroatoms. The van der Waals surface area contributed by atoms with Crippen LogP contribution < -0.4 is 10.1 Å². The number of nitrogens with one attached hydrogen (secondary N) is 1. The van der Waals surface area contributed by atoms with Gasteiger partial charge in [0.25, 0.3) is 5.91 Å². The van der Waals surface area contributed by atoms with Crippen LogP contribution in [0.25, 0.3) is 0 Å². The Kier molecular flexibility index (Phi) is 6.93. The first-order valence-electron chi connectivity index (χ1n) is 8.41. The zero-order valence-corrected chi connectivity index (χ0v) is 15.3. The van der Waals surface area contributed by atoms with Gasteiger partial charge in [0.2, 0.25) is 5.91 Å². The Bertz CT molecular complexity index is 815. The summed E-state index contributed by atoms with van der Waals surface area (Å²) in [6, 6.07) is 13.3. The van der Waals surface area contributed by atoms with Gasteiger partial charge in [-0.05, 0) is 42.3 Å². The third-order valence-electron chi connectivity index (χ3n) is 3.87. The van der Waals surface area contributed by atoms with E-state index in [-0.39, 0.29) is 30.4 Å². The summed E-state index contributed by atoms with van der Waals surface area (Å²) >= 11 is 0. The van der Waals surface area contributed by atoms with Crippen LogP contribution in [0.2, 0.25) is 0 Å². The van der Waals surface area contributed by atoms with Gasteiger partial charge in [0.05, 0.1) is 5.56 Å². The van der Waals surface area contributed by atoms with Crippen LogP contribution in [-0.2, 0) is 16.0 Å². The van der Waals surface area contributed by atoms with Gasteiger partial charge in [0, 0.05) is 26.2 Å². The fourth-order valence-corrected chi connectivity index (χ4v) is 2.33. The average Bonchev–Trinajstić information content (AvgIpc) is 2.65. The van der Waals surface area contributed by atoms with E-state index in [0.717, 1.165) is 0 Å². The van der Waals surface area contributed by atoms with Gasteiger partial charge >= 0.3 is 5.97 Å². The Morgan fingerprint density at radius 1 is 1.04 bits per heavy atom. The molecule has 7 nitrogen and oxygen atoms in total. The number of amides is 2. The lowest BCUT2D eigenvalue weighted by molar-refractivity contribution is -0.130. The maximum absolute atomic E-state index is 12.1. The van der Waals surface area contributed by atoms with E-state index in [2.05, 4.69) is 5.32 Å². The van der Waals surface area contributed by atoms with Crippen molar-refractivity contribution in [1.82, 2.24) is 4.90 Å². The molecular formula is C20H22N2O5. The molecule has 0 heterocycles. The standard InChI is InChI=1S/C20H22N2O5/c1-22(2)19(24)13-27-16-10-8-15(9-11-16)21-18(23)12-7-14-5-3-4-6-17(14)20(25)26/h3-6,8-11H,7,12-13H2,1-2H3,(H,21,23)(H,25,26). The predicted molar refractivity (Wildman–Crippen MR) is 101 cm³/mol. The average molecular weight is 370 g/mol. The van der Waals surface area contributed by atoms with E-state index in [4.69, 9.17) is 9.84 Å². The Morgan fingerprint density at radius 3 is 2.33 bits per heavy atom. The van der Waals surface area contributed by atoms with Gasteiger partial charge in [-0.15, -0.1) is 0 Å². The maximum Gasteiger partial charge on any atom is 0.335 e. The first-order chi connectivity index (χ1) is 12.9. The molecule has 27 heavy (non-hydrogen) atoms. The number of hydrogen-bond acceptors (Lipinski definition) is 4. The van der Waals surface area contributed by atoms with Crippen LogP contribution in [0.4, 0.5) is 5.69 Å². The normalized spacial score (nSPS) is 10.1. The third kappa shape index (κ3) is 6.14. The van der Waals surface area contributed by atoms with Crippen molar-refractivity contribution in [1.29, 1.82) is 0 Å². The van der Waals surface area contributed by atoms with E-state index in [1.165, 1.54) is 11.0 Å². The lowest BCUT2D eigenvalue weighted by Crippen LogP contribution is -2.27. The summed E-state index contributed by atoms with van der Waals surface area (Å²) in [6.45, 7) is -0.0539. The molecule has 0 radical (unpaired) electrons. The second kappa shape index (κ2) is 9.38. The van der Waals surface area contributed by atoms with Gasteiger partial charge in [0.15, 0.2) is 6.61 Å². The third-order valence-corrected chi connectivity index (χ3v) is 3.87. The Labute approximate surface area is 157 Å². The van der Waals surface area contributed by atoms with E-state index in [1.54, 1.807) is 56.6 Å². The van der Waals surface area contributed by atoms with Gasteiger partial charge < -0.3 is 20.1 Å². The number of carbonyl (C=O) groups is 3. The monoisotopic (exact) mass is 370 g/mol. The molecule has 0 unspecified atom stereocenters.